The molecule has 0 aliphatic heterocycles. The van der Waals surface area contributed by atoms with Crippen molar-refractivity contribution in [2.24, 2.45) is 0 Å². The molecular weight excluding hydrogens is 230 g/mol. The number of fused-ring (bicyclic) bond motifs is 1. The van der Waals surface area contributed by atoms with Crippen molar-refractivity contribution in [3.8, 4) is 11.1 Å². The molecular formula is C12H13N5O. The van der Waals surface area contributed by atoms with E-state index in [1.54, 1.807) is 12.4 Å². The molecule has 6 nitrogen and oxygen atoms in total. The Morgan fingerprint density at radius 1 is 1.39 bits per heavy atom. The Morgan fingerprint density at radius 3 is 3.11 bits per heavy atom. The van der Waals surface area contributed by atoms with E-state index in [0.717, 1.165) is 24.1 Å². The molecule has 0 saturated heterocycles. The fourth-order valence-electron chi connectivity index (χ4n) is 2.05. The first-order valence-corrected chi connectivity index (χ1v) is 5.87. The second-order valence-corrected chi connectivity index (χ2v) is 4.15. The molecule has 0 spiro atoms. The van der Waals surface area contributed by atoms with Crippen molar-refractivity contribution >= 4 is 11.0 Å². The molecule has 18 heavy (non-hydrogen) atoms. The lowest BCUT2D eigenvalue weighted by molar-refractivity contribution is 0.603. The summed E-state index contributed by atoms with van der Waals surface area (Å²) in [5.74, 6) is 0. The lowest BCUT2D eigenvalue weighted by Crippen LogP contribution is -2.05. The summed E-state index contributed by atoms with van der Waals surface area (Å²) >= 11 is 0. The number of nitrogens with one attached hydrogen (secondary N) is 2. The van der Waals surface area contributed by atoms with Crippen LogP contribution in [0.2, 0.25) is 0 Å². The molecule has 2 N–H and O–H groups in total. The molecule has 3 rings (SSSR count). The maximum atomic E-state index is 11.8. The van der Waals surface area contributed by atoms with E-state index in [1.165, 1.54) is 6.33 Å². The Labute approximate surface area is 103 Å². The third-order valence-corrected chi connectivity index (χ3v) is 2.87. The maximum Gasteiger partial charge on any atom is 0.260 e. The van der Waals surface area contributed by atoms with Gasteiger partial charge in [-0.25, -0.2) is 4.98 Å². The second-order valence-electron chi connectivity index (χ2n) is 4.15. The van der Waals surface area contributed by atoms with Crippen molar-refractivity contribution in [1.29, 1.82) is 0 Å². The van der Waals surface area contributed by atoms with Crippen LogP contribution in [-0.4, -0.2) is 24.7 Å². The van der Waals surface area contributed by atoms with Gasteiger partial charge in [0, 0.05) is 30.1 Å². The molecule has 0 saturated carbocycles. The monoisotopic (exact) mass is 243 g/mol. The number of aromatic amines is 2. The van der Waals surface area contributed by atoms with Gasteiger partial charge in [0.05, 0.1) is 17.9 Å². The van der Waals surface area contributed by atoms with Crippen LogP contribution in [0.1, 0.15) is 13.3 Å². The van der Waals surface area contributed by atoms with E-state index in [0.29, 0.717) is 11.0 Å². The quantitative estimate of drug-likeness (QED) is 0.732. The molecule has 0 fully saturated rings. The van der Waals surface area contributed by atoms with Gasteiger partial charge in [-0.1, -0.05) is 6.92 Å². The van der Waals surface area contributed by atoms with E-state index < -0.39 is 0 Å². The smallest absolute Gasteiger partial charge is 0.260 e. The Hall–Kier alpha value is -2.37. The second kappa shape index (κ2) is 4.14. The van der Waals surface area contributed by atoms with Crippen LogP contribution in [0.5, 0.6) is 0 Å². The van der Waals surface area contributed by atoms with E-state index >= 15 is 0 Å². The molecule has 0 aromatic carbocycles. The van der Waals surface area contributed by atoms with Crippen molar-refractivity contribution in [1.82, 2.24) is 24.7 Å². The molecule has 0 radical (unpaired) electrons. The van der Waals surface area contributed by atoms with Crippen LogP contribution in [0.4, 0.5) is 0 Å². The summed E-state index contributed by atoms with van der Waals surface area (Å²) in [6.45, 7) is 2.97. The van der Waals surface area contributed by atoms with E-state index in [2.05, 4.69) is 27.0 Å². The van der Waals surface area contributed by atoms with Crippen LogP contribution in [0.15, 0.2) is 29.7 Å². The van der Waals surface area contributed by atoms with Crippen LogP contribution < -0.4 is 5.56 Å². The Kier molecular flexibility index (Phi) is 2.47. The Morgan fingerprint density at radius 2 is 2.28 bits per heavy atom. The van der Waals surface area contributed by atoms with Gasteiger partial charge in [-0.15, -0.1) is 0 Å². The predicted octanol–water partition coefficient (Wildman–Crippen LogP) is 1.52. The zero-order valence-corrected chi connectivity index (χ0v) is 9.97. The predicted molar refractivity (Wildman–Crippen MR) is 68.2 cm³/mol. The van der Waals surface area contributed by atoms with Gasteiger partial charge in [0.2, 0.25) is 0 Å². The number of H-pyrrole nitrogens is 2. The first-order chi connectivity index (χ1) is 8.79. The molecule has 0 bridgehead atoms. The highest BCUT2D eigenvalue weighted by Crippen LogP contribution is 2.24. The zero-order chi connectivity index (χ0) is 12.5. The van der Waals surface area contributed by atoms with Crippen LogP contribution in [0.25, 0.3) is 22.2 Å². The van der Waals surface area contributed by atoms with Crippen LogP contribution in [-0.2, 0) is 6.54 Å². The lowest BCUT2D eigenvalue weighted by atomic mass is 10.1. The molecule has 0 amide bonds. The summed E-state index contributed by atoms with van der Waals surface area (Å²) in [7, 11) is 0. The molecule has 92 valence electrons. The van der Waals surface area contributed by atoms with Crippen molar-refractivity contribution in [2.45, 2.75) is 19.9 Å². The minimum Gasteiger partial charge on any atom is -0.345 e. The van der Waals surface area contributed by atoms with Gasteiger partial charge in [-0.3, -0.25) is 9.48 Å². The van der Waals surface area contributed by atoms with E-state index in [1.807, 2.05) is 10.9 Å². The van der Waals surface area contributed by atoms with Crippen molar-refractivity contribution in [3.05, 3.63) is 35.3 Å². The highest BCUT2D eigenvalue weighted by atomic mass is 16.1. The zero-order valence-electron chi connectivity index (χ0n) is 9.97. The van der Waals surface area contributed by atoms with Gasteiger partial charge in [-0.2, -0.15) is 5.10 Å². The molecule has 0 aliphatic rings. The highest BCUT2D eigenvalue weighted by molar-refractivity contribution is 5.92. The SMILES string of the molecule is CCCn1cc(-c2c[nH]c3nc[nH]c(=O)c23)cn1. The fourth-order valence-corrected chi connectivity index (χ4v) is 2.05. The minimum absolute atomic E-state index is 0.139. The standard InChI is InChI=1S/C12H13N5O/c1-2-3-17-6-8(4-16-17)9-5-13-11-10(9)12(18)15-7-14-11/h4-7H,2-3H2,1H3,(H2,13,14,15,18). The number of nitrogens with zero attached hydrogens (tertiary/aromatic N) is 3. The van der Waals surface area contributed by atoms with Crippen LogP contribution in [0, 0.1) is 0 Å². The van der Waals surface area contributed by atoms with E-state index in [-0.39, 0.29) is 5.56 Å². The lowest BCUT2D eigenvalue weighted by Gasteiger charge is -1.95. The number of hydrogen-bond donors (Lipinski definition) is 2. The summed E-state index contributed by atoms with van der Waals surface area (Å²) in [5.41, 5.74) is 2.21. The van der Waals surface area contributed by atoms with Crippen molar-refractivity contribution in [2.75, 3.05) is 0 Å². The summed E-state index contributed by atoms with van der Waals surface area (Å²) in [4.78, 5) is 21.5. The average Bonchev–Trinajstić information content (AvgIpc) is 2.96. The maximum absolute atomic E-state index is 11.8. The van der Waals surface area contributed by atoms with E-state index in [9.17, 15) is 4.79 Å². The first-order valence-electron chi connectivity index (χ1n) is 5.87. The normalized spacial score (nSPS) is 11.2. The molecule has 0 atom stereocenters. The number of rotatable bonds is 3. The van der Waals surface area contributed by atoms with Crippen molar-refractivity contribution in [3.63, 3.8) is 0 Å². The van der Waals surface area contributed by atoms with Gasteiger partial charge >= 0.3 is 0 Å². The Bertz CT molecular complexity index is 736. The van der Waals surface area contributed by atoms with Crippen LogP contribution >= 0.6 is 0 Å². The van der Waals surface area contributed by atoms with Gasteiger partial charge in [-0.05, 0) is 6.42 Å². The molecule has 3 heterocycles. The summed E-state index contributed by atoms with van der Waals surface area (Å²) < 4.78 is 1.87. The third-order valence-electron chi connectivity index (χ3n) is 2.87. The first kappa shape index (κ1) is 10.8. The minimum atomic E-state index is -0.139. The van der Waals surface area contributed by atoms with Gasteiger partial charge < -0.3 is 9.97 Å². The topological polar surface area (TPSA) is 79.4 Å². The molecule has 0 unspecified atom stereocenters. The highest BCUT2D eigenvalue weighted by Gasteiger charge is 2.11. The molecule has 3 aromatic heterocycles. The van der Waals surface area contributed by atoms with E-state index in [4.69, 9.17) is 0 Å². The summed E-state index contributed by atoms with van der Waals surface area (Å²) in [6.07, 6.45) is 7.92. The Balaban J connectivity index is 2.16. The number of aryl methyl sites for hydroxylation is 1. The molecule has 0 aliphatic carbocycles. The number of aromatic nitrogens is 5. The number of hydrogen-bond acceptors (Lipinski definition) is 3. The third kappa shape index (κ3) is 1.62. The summed E-state index contributed by atoms with van der Waals surface area (Å²) in [5, 5.41) is 4.85. The molecule has 6 heteroatoms. The van der Waals surface area contributed by atoms with Gasteiger partial charge in [0.25, 0.3) is 5.56 Å². The fraction of sp³-hybridized carbons (Fsp3) is 0.250. The van der Waals surface area contributed by atoms with Crippen LogP contribution in [0.3, 0.4) is 0 Å². The summed E-state index contributed by atoms with van der Waals surface area (Å²) in [6, 6.07) is 0. The van der Waals surface area contributed by atoms with Gasteiger partial charge in [0.1, 0.15) is 5.65 Å². The van der Waals surface area contributed by atoms with Gasteiger partial charge in [0.15, 0.2) is 0 Å². The largest absolute Gasteiger partial charge is 0.345 e. The average molecular weight is 243 g/mol. The van der Waals surface area contributed by atoms with Crippen molar-refractivity contribution < 1.29 is 0 Å². The molecule has 3 aromatic rings.